The highest BCUT2D eigenvalue weighted by Gasteiger charge is 2.40. The number of amides is 1. The number of carbonyl (C=O) groups is 1. The summed E-state index contributed by atoms with van der Waals surface area (Å²) in [6, 6.07) is 10.4. The van der Waals surface area contributed by atoms with Gasteiger partial charge in [0, 0.05) is 37.9 Å². The van der Waals surface area contributed by atoms with E-state index in [1.54, 1.807) is 32.3 Å². The zero-order valence-electron chi connectivity index (χ0n) is 17.5. The topological polar surface area (TPSA) is 70.8 Å². The summed E-state index contributed by atoms with van der Waals surface area (Å²) in [4.78, 5) is 17.4. The van der Waals surface area contributed by atoms with E-state index in [4.69, 9.17) is 0 Å². The number of aliphatic hydroxyl groups is 1. The van der Waals surface area contributed by atoms with Crippen LogP contribution >= 0.6 is 0 Å². The largest absolute Gasteiger partial charge is 0.369 e. The third-order valence-corrected chi connectivity index (χ3v) is 5.77. The number of benzene rings is 1. The molecule has 0 saturated carbocycles. The Morgan fingerprint density at radius 2 is 1.90 bits per heavy atom. The van der Waals surface area contributed by atoms with Crippen LogP contribution in [-0.2, 0) is 10.2 Å². The maximum Gasteiger partial charge on any atom is 0.259 e. The van der Waals surface area contributed by atoms with Gasteiger partial charge in [0.2, 0.25) is 0 Å². The molecule has 0 aromatic heterocycles. The lowest BCUT2D eigenvalue weighted by Crippen LogP contribution is -2.49. The second kappa shape index (κ2) is 7.26. The molecule has 3 rings (SSSR count). The van der Waals surface area contributed by atoms with Crippen molar-refractivity contribution in [3.8, 4) is 6.07 Å². The first kappa shape index (κ1) is 20.4. The van der Waals surface area contributed by atoms with Crippen molar-refractivity contribution in [2.24, 2.45) is 0 Å². The molecule has 6 nitrogen and oxygen atoms in total. The fraction of sp³-hybridized carbons (Fsp3) is 0.304. The van der Waals surface area contributed by atoms with E-state index in [0.717, 1.165) is 16.9 Å². The Balaban J connectivity index is 2.00. The van der Waals surface area contributed by atoms with Gasteiger partial charge in [-0.05, 0) is 23.8 Å². The Bertz CT molecular complexity index is 1010. The van der Waals surface area contributed by atoms with Crippen LogP contribution in [0.4, 0.5) is 5.69 Å². The molecule has 1 unspecified atom stereocenters. The number of nitrogens with zero attached hydrogens (tertiary/aromatic N) is 4. The highest BCUT2D eigenvalue weighted by molar-refractivity contribution is 5.96. The molecule has 1 saturated heterocycles. The van der Waals surface area contributed by atoms with Gasteiger partial charge in [-0.3, -0.25) is 9.69 Å². The number of anilines is 1. The van der Waals surface area contributed by atoms with Crippen molar-refractivity contribution in [3.05, 3.63) is 77.3 Å². The molecule has 29 heavy (non-hydrogen) atoms. The van der Waals surface area contributed by atoms with E-state index in [9.17, 15) is 15.2 Å². The van der Waals surface area contributed by atoms with Crippen molar-refractivity contribution in [3.63, 3.8) is 0 Å². The summed E-state index contributed by atoms with van der Waals surface area (Å²) in [5.74, 6) is 0.109. The van der Waals surface area contributed by atoms with E-state index in [2.05, 4.69) is 32.6 Å². The normalized spacial score (nSPS) is 24.4. The number of allylic oxidation sites excluding steroid dienone is 5. The van der Waals surface area contributed by atoms with E-state index < -0.39 is 6.23 Å². The second-order valence-electron chi connectivity index (χ2n) is 7.82. The molecule has 1 fully saturated rings. The van der Waals surface area contributed by atoms with Crippen LogP contribution in [0.3, 0.4) is 0 Å². The lowest BCUT2D eigenvalue weighted by atomic mass is 9.82. The molecule has 1 atom stereocenters. The standard InChI is InChI=1S/C23H26N4O2/c1-15-25(4)21(28)17(22(29)26(15)5)11-9-10-16(14-24)20-23(2,3)18-12-7-8-13-19(18)27(20)6/h7-13,21,28H,1H2,2-6H3/b10-9+,17-11-,20-16-. The molecule has 1 aromatic carbocycles. The molecular weight excluding hydrogens is 364 g/mol. The van der Waals surface area contributed by atoms with Crippen molar-refractivity contribution in [2.45, 2.75) is 25.5 Å². The number of likely N-dealkylation sites (N-methyl/N-ethyl adjacent to an activating group) is 3. The first-order valence-electron chi connectivity index (χ1n) is 9.37. The zero-order valence-corrected chi connectivity index (χ0v) is 17.5. The number of hydrogen-bond acceptors (Lipinski definition) is 5. The predicted molar refractivity (Wildman–Crippen MR) is 113 cm³/mol. The highest BCUT2D eigenvalue weighted by Crippen LogP contribution is 2.47. The lowest BCUT2D eigenvalue weighted by molar-refractivity contribution is -0.131. The van der Waals surface area contributed by atoms with Gasteiger partial charge in [-0.2, -0.15) is 5.26 Å². The van der Waals surface area contributed by atoms with E-state index in [-0.39, 0.29) is 16.9 Å². The van der Waals surface area contributed by atoms with Gasteiger partial charge in [0.25, 0.3) is 5.91 Å². The van der Waals surface area contributed by atoms with E-state index in [0.29, 0.717) is 11.4 Å². The number of aliphatic hydroxyl groups excluding tert-OH is 1. The fourth-order valence-corrected chi connectivity index (χ4v) is 4.06. The Kier molecular flexibility index (Phi) is 5.12. The van der Waals surface area contributed by atoms with Gasteiger partial charge in [0.1, 0.15) is 11.9 Å². The van der Waals surface area contributed by atoms with Crippen LogP contribution in [0, 0.1) is 11.3 Å². The average Bonchev–Trinajstić information content (AvgIpc) is 2.91. The molecule has 0 spiro atoms. The third kappa shape index (κ3) is 3.14. The first-order valence-corrected chi connectivity index (χ1v) is 9.37. The third-order valence-electron chi connectivity index (χ3n) is 5.77. The summed E-state index contributed by atoms with van der Waals surface area (Å²) >= 11 is 0. The van der Waals surface area contributed by atoms with Crippen molar-refractivity contribution in [1.29, 1.82) is 5.26 Å². The average molecular weight is 390 g/mol. The van der Waals surface area contributed by atoms with Crippen LogP contribution < -0.4 is 4.90 Å². The van der Waals surface area contributed by atoms with Crippen molar-refractivity contribution < 1.29 is 9.90 Å². The summed E-state index contributed by atoms with van der Waals surface area (Å²) < 4.78 is 0. The van der Waals surface area contributed by atoms with Crippen LogP contribution in [0.2, 0.25) is 0 Å². The fourth-order valence-electron chi connectivity index (χ4n) is 4.06. The van der Waals surface area contributed by atoms with E-state index in [1.165, 1.54) is 9.80 Å². The summed E-state index contributed by atoms with van der Waals surface area (Å²) in [6.07, 6.45) is 3.81. The number of carbonyl (C=O) groups excluding carboxylic acids is 1. The van der Waals surface area contributed by atoms with Crippen LogP contribution in [0.25, 0.3) is 0 Å². The highest BCUT2D eigenvalue weighted by atomic mass is 16.3. The molecule has 2 aliphatic rings. The zero-order chi connectivity index (χ0) is 21.5. The lowest BCUT2D eigenvalue weighted by Gasteiger charge is -2.38. The number of rotatable bonds is 2. The minimum absolute atomic E-state index is 0.225. The Labute approximate surface area is 171 Å². The summed E-state index contributed by atoms with van der Waals surface area (Å²) in [7, 11) is 5.24. The molecule has 0 bridgehead atoms. The van der Waals surface area contributed by atoms with Gasteiger partial charge in [-0.15, -0.1) is 0 Å². The van der Waals surface area contributed by atoms with Gasteiger partial charge in [-0.25, -0.2) is 0 Å². The van der Waals surface area contributed by atoms with Gasteiger partial charge >= 0.3 is 0 Å². The monoisotopic (exact) mass is 390 g/mol. The van der Waals surface area contributed by atoms with Crippen LogP contribution in [0.15, 0.2) is 71.7 Å². The number of nitriles is 1. The molecule has 0 radical (unpaired) electrons. The Hall–Kier alpha value is -3.30. The number of fused-ring (bicyclic) bond motifs is 1. The molecule has 2 heterocycles. The van der Waals surface area contributed by atoms with Crippen LogP contribution in [-0.4, -0.2) is 48.2 Å². The van der Waals surface area contributed by atoms with Crippen molar-refractivity contribution in [2.75, 3.05) is 26.0 Å². The predicted octanol–water partition coefficient (Wildman–Crippen LogP) is 2.87. The van der Waals surface area contributed by atoms with E-state index >= 15 is 0 Å². The quantitative estimate of drug-likeness (QED) is 0.621. The Morgan fingerprint density at radius 3 is 2.52 bits per heavy atom. The van der Waals surface area contributed by atoms with Crippen LogP contribution in [0.5, 0.6) is 0 Å². The minimum Gasteiger partial charge on any atom is -0.369 e. The molecule has 2 aliphatic heterocycles. The molecule has 1 aromatic rings. The minimum atomic E-state index is -1.08. The van der Waals surface area contributed by atoms with Crippen LogP contribution in [0.1, 0.15) is 19.4 Å². The van der Waals surface area contributed by atoms with Gasteiger partial charge in [0.05, 0.1) is 11.1 Å². The second-order valence-corrected chi connectivity index (χ2v) is 7.82. The molecule has 1 amide bonds. The maximum absolute atomic E-state index is 12.5. The Morgan fingerprint density at radius 1 is 1.24 bits per heavy atom. The summed E-state index contributed by atoms with van der Waals surface area (Å²) in [5, 5.41) is 20.2. The molecule has 0 aliphatic carbocycles. The first-order chi connectivity index (χ1) is 13.6. The van der Waals surface area contributed by atoms with E-state index in [1.807, 2.05) is 30.1 Å². The van der Waals surface area contributed by atoms with Gasteiger partial charge in [-0.1, -0.05) is 44.7 Å². The smallest absolute Gasteiger partial charge is 0.259 e. The molecule has 6 heteroatoms. The SMILES string of the molecule is C=C1N(C)C(=O)\C(=C/C=C/C(C#N)=C2/N(C)c3ccccc3C2(C)C)C(O)N1C. The molecular formula is C23H26N4O2. The van der Waals surface area contributed by atoms with Crippen molar-refractivity contribution >= 4 is 11.6 Å². The number of hydrogen-bond donors (Lipinski definition) is 1. The maximum atomic E-state index is 12.5. The molecule has 150 valence electrons. The summed E-state index contributed by atoms with van der Waals surface area (Å²) in [6.45, 7) is 7.99. The molecule has 1 N–H and O–H groups in total. The van der Waals surface area contributed by atoms with Gasteiger partial charge < -0.3 is 14.9 Å². The van der Waals surface area contributed by atoms with Gasteiger partial charge in [0.15, 0.2) is 6.23 Å². The van der Waals surface area contributed by atoms with Crippen molar-refractivity contribution in [1.82, 2.24) is 9.80 Å². The number of para-hydroxylation sites is 1. The summed E-state index contributed by atoms with van der Waals surface area (Å²) in [5.41, 5.74) is 3.54.